The molecule has 1 amide bonds. The molecule has 1 aromatic carbocycles. The SMILES string of the molecule is COCCNC(=O)C1CCCN1S(=O)(=O)c1ccccc1. The molecule has 7 heteroatoms. The highest BCUT2D eigenvalue weighted by Crippen LogP contribution is 2.25. The van der Waals surface area contributed by atoms with Gasteiger partial charge in [-0.1, -0.05) is 18.2 Å². The smallest absolute Gasteiger partial charge is 0.243 e. The Balaban J connectivity index is 2.13. The van der Waals surface area contributed by atoms with Crippen LogP contribution in [0.2, 0.25) is 0 Å². The van der Waals surface area contributed by atoms with E-state index in [1.165, 1.54) is 4.31 Å². The van der Waals surface area contributed by atoms with Gasteiger partial charge in [-0.25, -0.2) is 8.42 Å². The highest BCUT2D eigenvalue weighted by Gasteiger charge is 2.39. The van der Waals surface area contributed by atoms with E-state index in [2.05, 4.69) is 5.32 Å². The third-order valence-corrected chi connectivity index (χ3v) is 5.38. The second kappa shape index (κ2) is 7.02. The van der Waals surface area contributed by atoms with E-state index in [-0.39, 0.29) is 10.8 Å². The average molecular weight is 312 g/mol. The molecule has 116 valence electrons. The Morgan fingerprint density at radius 1 is 1.38 bits per heavy atom. The molecule has 1 aromatic rings. The normalized spacial score (nSPS) is 19.6. The van der Waals surface area contributed by atoms with E-state index in [4.69, 9.17) is 4.74 Å². The Hall–Kier alpha value is -1.44. The molecule has 6 nitrogen and oxygen atoms in total. The Morgan fingerprint density at radius 2 is 2.10 bits per heavy atom. The van der Waals surface area contributed by atoms with Crippen LogP contribution in [0.5, 0.6) is 0 Å². The van der Waals surface area contributed by atoms with E-state index in [9.17, 15) is 13.2 Å². The van der Waals surface area contributed by atoms with Gasteiger partial charge in [0.1, 0.15) is 6.04 Å². The van der Waals surface area contributed by atoms with Crippen molar-refractivity contribution in [2.24, 2.45) is 0 Å². The van der Waals surface area contributed by atoms with Gasteiger partial charge in [0.05, 0.1) is 11.5 Å². The van der Waals surface area contributed by atoms with E-state index >= 15 is 0 Å². The van der Waals surface area contributed by atoms with E-state index in [0.717, 1.165) is 0 Å². The van der Waals surface area contributed by atoms with Crippen LogP contribution in [-0.2, 0) is 19.6 Å². The molecular weight excluding hydrogens is 292 g/mol. The lowest BCUT2D eigenvalue weighted by atomic mass is 10.2. The zero-order chi connectivity index (χ0) is 15.3. The van der Waals surface area contributed by atoms with Crippen LogP contribution in [0.25, 0.3) is 0 Å². The molecule has 1 fully saturated rings. The zero-order valence-electron chi connectivity index (χ0n) is 12.0. The molecule has 0 spiro atoms. The van der Waals surface area contributed by atoms with Gasteiger partial charge in [0.2, 0.25) is 15.9 Å². The summed E-state index contributed by atoms with van der Waals surface area (Å²) in [4.78, 5) is 12.4. The molecule has 1 saturated heterocycles. The molecule has 1 heterocycles. The number of nitrogens with one attached hydrogen (secondary N) is 1. The fourth-order valence-electron chi connectivity index (χ4n) is 2.41. The molecule has 1 atom stereocenters. The molecule has 1 aliphatic heterocycles. The van der Waals surface area contributed by atoms with Gasteiger partial charge in [-0.15, -0.1) is 0 Å². The quantitative estimate of drug-likeness (QED) is 0.781. The van der Waals surface area contributed by atoms with E-state index in [1.54, 1.807) is 37.4 Å². The first-order valence-corrected chi connectivity index (χ1v) is 8.35. The van der Waals surface area contributed by atoms with Gasteiger partial charge >= 0.3 is 0 Å². The molecule has 0 aromatic heterocycles. The number of ether oxygens (including phenoxy) is 1. The number of carbonyl (C=O) groups is 1. The highest BCUT2D eigenvalue weighted by atomic mass is 32.2. The molecule has 1 aliphatic rings. The lowest BCUT2D eigenvalue weighted by Crippen LogP contribution is -2.46. The van der Waals surface area contributed by atoms with E-state index in [0.29, 0.717) is 32.5 Å². The first kappa shape index (κ1) is 15.9. The summed E-state index contributed by atoms with van der Waals surface area (Å²) < 4.78 is 31.4. The van der Waals surface area contributed by atoms with Gasteiger partial charge < -0.3 is 10.1 Å². The Bertz CT molecular complexity index is 574. The second-order valence-corrected chi connectivity index (χ2v) is 6.76. The van der Waals surface area contributed by atoms with E-state index in [1.807, 2.05) is 0 Å². The molecule has 21 heavy (non-hydrogen) atoms. The minimum Gasteiger partial charge on any atom is -0.383 e. The molecule has 2 rings (SSSR count). The first-order chi connectivity index (χ1) is 10.1. The predicted molar refractivity (Wildman–Crippen MR) is 78.2 cm³/mol. The number of nitrogens with zero attached hydrogens (tertiary/aromatic N) is 1. The minimum absolute atomic E-state index is 0.224. The zero-order valence-corrected chi connectivity index (χ0v) is 12.8. The van der Waals surface area contributed by atoms with Crippen molar-refractivity contribution < 1.29 is 17.9 Å². The van der Waals surface area contributed by atoms with Crippen molar-refractivity contribution in [3.63, 3.8) is 0 Å². The Labute approximate surface area is 125 Å². The number of amides is 1. The van der Waals surface area contributed by atoms with Gasteiger partial charge in [0.25, 0.3) is 0 Å². The van der Waals surface area contributed by atoms with Crippen LogP contribution in [0, 0.1) is 0 Å². The number of hydrogen-bond donors (Lipinski definition) is 1. The topological polar surface area (TPSA) is 75.7 Å². The van der Waals surface area contributed by atoms with Crippen LogP contribution in [0.3, 0.4) is 0 Å². The summed E-state index contributed by atoms with van der Waals surface area (Å²) in [5.41, 5.74) is 0. The fraction of sp³-hybridized carbons (Fsp3) is 0.500. The summed E-state index contributed by atoms with van der Waals surface area (Å²) in [5.74, 6) is -0.260. The Kier molecular flexibility index (Phi) is 5.33. The first-order valence-electron chi connectivity index (χ1n) is 6.91. The number of benzene rings is 1. The number of hydrogen-bond acceptors (Lipinski definition) is 4. The van der Waals surface area contributed by atoms with Crippen molar-refractivity contribution in [2.45, 2.75) is 23.8 Å². The van der Waals surface area contributed by atoms with Gasteiger partial charge in [-0.3, -0.25) is 4.79 Å². The van der Waals surface area contributed by atoms with Crippen molar-refractivity contribution in [3.8, 4) is 0 Å². The predicted octanol–water partition coefficient (Wildman–Crippen LogP) is 0.602. The van der Waals surface area contributed by atoms with Crippen molar-refractivity contribution in [1.29, 1.82) is 0 Å². The third kappa shape index (κ3) is 3.61. The molecule has 0 bridgehead atoms. The standard InChI is InChI=1S/C14H20N2O4S/c1-20-11-9-15-14(17)13-8-5-10-16(13)21(18,19)12-6-3-2-4-7-12/h2-4,6-7,13H,5,8-11H2,1H3,(H,15,17). The van der Waals surface area contributed by atoms with Crippen LogP contribution in [0.15, 0.2) is 35.2 Å². The van der Waals surface area contributed by atoms with Crippen molar-refractivity contribution >= 4 is 15.9 Å². The summed E-state index contributed by atoms with van der Waals surface area (Å²) in [5, 5.41) is 2.71. The largest absolute Gasteiger partial charge is 0.383 e. The van der Waals surface area contributed by atoms with Crippen molar-refractivity contribution in [1.82, 2.24) is 9.62 Å². The maximum atomic E-state index is 12.6. The monoisotopic (exact) mass is 312 g/mol. The van der Waals surface area contributed by atoms with Crippen LogP contribution >= 0.6 is 0 Å². The summed E-state index contributed by atoms with van der Waals surface area (Å²) >= 11 is 0. The van der Waals surface area contributed by atoms with E-state index < -0.39 is 16.1 Å². The van der Waals surface area contributed by atoms with Crippen LogP contribution < -0.4 is 5.32 Å². The maximum Gasteiger partial charge on any atom is 0.243 e. The van der Waals surface area contributed by atoms with Gasteiger partial charge in [-0.2, -0.15) is 4.31 Å². The fourth-order valence-corrected chi connectivity index (χ4v) is 4.09. The van der Waals surface area contributed by atoms with Crippen molar-refractivity contribution in [2.75, 3.05) is 26.8 Å². The molecular formula is C14H20N2O4S. The van der Waals surface area contributed by atoms with Crippen LogP contribution in [0.1, 0.15) is 12.8 Å². The third-order valence-electron chi connectivity index (χ3n) is 3.46. The molecule has 1 N–H and O–H groups in total. The maximum absolute atomic E-state index is 12.6. The number of methoxy groups -OCH3 is 1. The van der Waals surface area contributed by atoms with Gasteiger partial charge in [-0.05, 0) is 25.0 Å². The van der Waals surface area contributed by atoms with Crippen LogP contribution in [-0.4, -0.2) is 51.5 Å². The summed E-state index contributed by atoms with van der Waals surface area (Å²) in [6, 6.07) is 7.58. The second-order valence-electron chi connectivity index (χ2n) is 4.87. The molecule has 0 aliphatic carbocycles. The average Bonchev–Trinajstić information content (AvgIpc) is 2.98. The van der Waals surface area contributed by atoms with Gasteiger partial charge in [0, 0.05) is 20.2 Å². The lowest BCUT2D eigenvalue weighted by Gasteiger charge is -2.23. The molecule has 0 radical (unpaired) electrons. The summed E-state index contributed by atoms with van der Waals surface area (Å²) in [6.07, 6.45) is 1.24. The minimum atomic E-state index is -3.62. The number of sulfonamides is 1. The molecule has 0 saturated carbocycles. The number of rotatable bonds is 6. The summed E-state index contributed by atoms with van der Waals surface area (Å²) in [7, 11) is -2.07. The van der Waals surface area contributed by atoms with Crippen LogP contribution in [0.4, 0.5) is 0 Å². The highest BCUT2D eigenvalue weighted by molar-refractivity contribution is 7.89. The Morgan fingerprint density at radius 3 is 2.76 bits per heavy atom. The van der Waals surface area contributed by atoms with Gasteiger partial charge in [0.15, 0.2) is 0 Å². The lowest BCUT2D eigenvalue weighted by molar-refractivity contribution is -0.124. The summed E-state index contributed by atoms with van der Waals surface area (Å²) in [6.45, 7) is 1.16. The van der Waals surface area contributed by atoms with Crippen molar-refractivity contribution in [3.05, 3.63) is 30.3 Å². The number of carbonyl (C=O) groups excluding carboxylic acids is 1. The molecule has 1 unspecified atom stereocenters.